The van der Waals surface area contributed by atoms with Crippen LogP contribution in [0.4, 0.5) is 0 Å². The molecule has 3 unspecified atom stereocenters. The zero-order valence-corrected chi connectivity index (χ0v) is 9.39. The highest BCUT2D eigenvalue weighted by atomic mass is 15.0. The fourth-order valence-corrected chi connectivity index (χ4v) is 2.78. The standard InChI is InChI=1S/C12H24N2/c1-10-3-2-4-11(6-5-10)14-12-7-8-13-9-12/h10-14H,2-9H2,1H3. The predicted molar refractivity (Wildman–Crippen MR) is 60.4 cm³/mol. The molecule has 2 N–H and O–H groups in total. The fourth-order valence-electron chi connectivity index (χ4n) is 2.78. The second-order valence-electron chi connectivity index (χ2n) is 5.17. The Kier molecular flexibility index (Phi) is 3.82. The highest BCUT2D eigenvalue weighted by molar-refractivity contribution is 4.82. The van der Waals surface area contributed by atoms with Gasteiger partial charge in [-0.25, -0.2) is 0 Å². The van der Waals surface area contributed by atoms with Gasteiger partial charge in [0.15, 0.2) is 0 Å². The molecule has 2 rings (SSSR count). The SMILES string of the molecule is CC1CCCC(NC2CCNC2)CC1. The van der Waals surface area contributed by atoms with Crippen molar-refractivity contribution in [2.75, 3.05) is 13.1 Å². The minimum atomic E-state index is 0.758. The Balaban J connectivity index is 1.73. The maximum atomic E-state index is 3.82. The summed E-state index contributed by atoms with van der Waals surface area (Å²) in [5.74, 6) is 0.962. The summed E-state index contributed by atoms with van der Waals surface area (Å²) in [4.78, 5) is 0. The lowest BCUT2D eigenvalue weighted by Crippen LogP contribution is -2.39. The molecule has 0 spiro atoms. The molecule has 2 nitrogen and oxygen atoms in total. The first-order valence-electron chi connectivity index (χ1n) is 6.31. The second-order valence-corrected chi connectivity index (χ2v) is 5.17. The third-order valence-electron chi connectivity index (χ3n) is 3.79. The van der Waals surface area contributed by atoms with Crippen LogP contribution in [-0.2, 0) is 0 Å². The zero-order valence-electron chi connectivity index (χ0n) is 9.39. The Hall–Kier alpha value is -0.0800. The van der Waals surface area contributed by atoms with E-state index in [1.54, 1.807) is 0 Å². The van der Waals surface area contributed by atoms with E-state index in [-0.39, 0.29) is 0 Å². The molecular formula is C12H24N2. The van der Waals surface area contributed by atoms with Crippen LogP contribution >= 0.6 is 0 Å². The largest absolute Gasteiger partial charge is 0.315 e. The molecule has 2 fully saturated rings. The van der Waals surface area contributed by atoms with Crippen molar-refractivity contribution in [3.8, 4) is 0 Å². The molecule has 0 aromatic carbocycles. The van der Waals surface area contributed by atoms with E-state index < -0.39 is 0 Å². The van der Waals surface area contributed by atoms with Gasteiger partial charge in [0.25, 0.3) is 0 Å². The monoisotopic (exact) mass is 196 g/mol. The fraction of sp³-hybridized carbons (Fsp3) is 1.00. The van der Waals surface area contributed by atoms with Crippen LogP contribution in [0.15, 0.2) is 0 Å². The number of rotatable bonds is 2. The average Bonchev–Trinajstić information content (AvgIpc) is 2.58. The molecule has 0 radical (unpaired) electrons. The van der Waals surface area contributed by atoms with Crippen molar-refractivity contribution >= 4 is 0 Å². The molecule has 0 aromatic heterocycles. The van der Waals surface area contributed by atoms with Crippen molar-refractivity contribution < 1.29 is 0 Å². The van der Waals surface area contributed by atoms with E-state index in [1.165, 1.54) is 51.6 Å². The van der Waals surface area contributed by atoms with Gasteiger partial charge in [-0.2, -0.15) is 0 Å². The summed E-state index contributed by atoms with van der Waals surface area (Å²) in [5, 5.41) is 7.24. The van der Waals surface area contributed by atoms with Gasteiger partial charge >= 0.3 is 0 Å². The average molecular weight is 196 g/mol. The van der Waals surface area contributed by atoms with E-state index in [4.69, 9.17) is 0 Å². The molecule has 1 saturated heterocycles. The van der Waals surface area contributed by atoms with Crippen LogP contribution in [0.5, 0.6) is 0 Å². The van der Waals surface area contributed by atoms with E-state index in [1.807, 2.05) is 0 Å². The van der Waals surface area contributed by atoms with E-state index >= 15 is 0 Å². The van der Waals surface area contributed by atoms with Crippen molar-refractivity contribution in [2.45, 2.75) is 57.5 Å². The molecule has 3 atom stereocenters. The lowest BCUT2D eigenvalue weighted by Gasteiger charge is -2.20. The van der Waals surface area contributed by atoms with Gasteiger partial charge in [0.05, 0.1) is 0 Å². The molecule has 0 bridgehead atoms. The quantitative estimate of drug-likeness (QED) is 0.659. The summed E-state index contributed by atoms with van der Waals surface area (Å²) >= 11 is 0. The minimum Gasteiger partial charge on any atom is -0.315 e. The molecule has 0 aromatic rings. The number of hydrogen-bond donors (Lipinski definition) is 2. The van der Waals surface area contributed by atoms with Crippen LogP contribution in [0.2, 0.25) is 0 Å². The summed E-state index contributed by atoms with van der Waals surface area (Å²) in [6, 6.07) is 1.57. The van der Waals surface area contributed by atoms with Crippen LogP contribution in [0, 0.1) is 5.92 Å². The van der Waals surface area contributed by atoms with E-state index in [0.717, 1.165) is 18.0 Å². The number of nitrogens with one attached hydrogen (secondary N) is 2. The van der Waals surface area contributed by atoms with Gasteiger partial charge in [-0.15, -0.1) is 0 Å². The lowest BCUT2D eigenvalue weighted by molar-refractivity contribution is 0.401. The minimum absolute atomic E-state index is 0.758. The molecular weight excluding hydrogens is 172 g/mol. The third kappa shape index (κ3) is 2.96. The third-order valence-corrected chi connectivity index (χ3v) is 3.79. The summed E-state index contributed by atoms with van der Waals surface area (Å²) in [7, 11) is 0. The smallest absolute Gasteiger partial charge is 0.0207 e. The van der Waals surface area contributed by atoms with Crippen LogP contribution in [0.25, 0.3) is 0 Å². The van der Waals surface area contributed by atoms with Crippen LogP contribution in [0.3, 0.4) is 0 Å². The zero-order chi connectivity index (χ0) is 9.80. The molecule has 2 heteroatoms. The molecule has 1 aliphatic heterocycles. The molecule has 2 aliphatic rings. The second kappa shape index (κ2) is 5.13. The van der Waals surface area contributed by atoms with Gasteiger partial charge in [0.1, 0.15) is 0 Å². The summed E-state index contributed by atoms with van der Waals surface area (Å²) in [6.45, 7) is 4.80. The van der Waals surface area contributed by atoms with Crippen molar-refractivity contribution in [2.24, 2.45) is 5.92 Å². The predicted octanol–water partition coefficient (Wildman–Crippen LogP) is 1.91. The maximum Gasteiger partial charge on any atom is 0.0207 e. The van der Waals surface area contributed by atoms with Gasteiger partial charge in [-0.05, 0) is 38.1 Å². The number of hydrogen-bond acceptors (Lipinski definition) is 2. The Morgan fingerprint density at radius 2 is 1.93 bits per heavy atom. The van der Waals surface area contributed by atoms with Gasteiger partial charge in [0.2, 0.25) is 0 Å². The molecule has 82 valence electrons. The Labute approximate surface area is 87.8 Å². The van der Waals surface area contributed by atoms with Crippen LogP contribution in [0.1, 0.15) is 45.4 Å². The Bertz CT molecular complexity index is 164. The highest BCUT2D eigenvalue weighted by Crippen LogP contribution is 2.23. The first-order valence-corrected chi connectivity index (χ1v) is 6.31. The summed E-state index contributed by atoms with van der Waals surface area (Å²) in [5.41, 5.74) is 0. The van der Waals surface area contributed by atoms with E-state index in [0.29, 0.717) is 0 Å². The Morgan fingerprint density at radius 3 is 2.71 bits per heavy atom. The molecule has 1 heterocycles. The van der Waals surface area contributed by atoms with Gasteiger partial charge in [0, 0.05) is 18.6 Å². The van der Waals surface area contributed by atoms with E-state index in [9.17, 15) is 0 Å². The van der Waals surface area contributed by atoms with Crippen LogP contribution in [-0.4, -0.2) is 25.2 Å². The summed E-state index contributed by atoms with van der Waals surface area (Å²) < 4.78 is 0. The van der Waals surface area contributed by atoms with Gasteiger partial charge in [-0.3, -0.25) is 0 Å². The van der Waals surface area contributed by atoms with Crippen molar-refractivity contribution in [3.05, 3.63) is 0 Å². The Morgan fingerprint density at radius 1 is 1.00 bits per heavy atom. The van der Waals surface area contributed by atoms with Gasteiger partial charge < -0.3 is 10.6 Å². The molecule has 14 heavy (non-hydrogen) atoms. The normalized spacial score (nSPS) is 39.6. The lowest BCUT2D eigenvalue weighted by atomic mass is 10.0. The topological polar surface area (TPSA) is 24.1 Å². The van der Waals surface area contributed by atoms with Crippen LogP contribution < -0.4 is 10.6 Å². The first kappa shape index (κ1) is 10.4. The van der Waals surface area contributed by atoms with Crippen molar-refractivity contribution in [3.63, 3.8) is 0 Å². The highest BCUT2D eigenvalue weighted by Gasteiger charge is 2.21. The van der Waals surface area contributed by atoms with Crippen molar-refractivity contribution in [1.29, 1.82) is 0 Å². The molecule has 0 amide bonds. The first-order chi connectivity index (χ1) is 6.84. The van der Waals surface area contributed by atoms with Crippen molar-refractivity contribution in [1.82, 2.24) is 10.6 Å². The summed E-state index contributed by atoms with van der Waals surface area (Å²) in [6.07, 6.45) is 8.43. The molecule has 1 aliphatic carbocycles. The van der Waals surface area contributed by atoms with Gasteiger partial charge in [-0.1, -0.05) is 19.8 Å². The van der Waals surface area contributed by atoms with E-state index in [2.05, 4.69) is 17.6 Å². The maximum absolute atomic E-state index is 3.82. The molecule has 1 saturated carbocycles.